The van der Waals surface area contributed by atoms with Crippen LogP contribution in [0.1, 0.15) is 164 Å². The van der Waals surface area contributed by atoms with E-state index in [1.165, 1.54) is 0 Å². The second-order valence-electron chi connectivity index (χ2n) is 20.8. The predicted octanol–water partition coefficient (Wildman–Crippen LogP) is -5.87. The van der Waals surface area contributed by atoms with Gasteiger partial charge in [0.15, 0.2) is 24.2 Å². The topological polar surface area (TPSA) is 468 Å². The van der Waals surface area contributed by atoms with Crippen molar-refractivity contribution in [2.45, 2.75) is 212 Å². The SMILES string of the molecule is CC(C)C[C@H]([NH3+])C(=O)N[C@H](C(=O)[O-])C(C)C.CC(C)C[C@H]([NH3+])C(=O)N[C@H](C(=O)[O-])C(C)C.CC(C)C[C@H]([NH3+])C(=O)N[C@H](C(=O)[O-])C(C)C.CC(C)C[C@H]([NH3+])C(=O)N[C@H](C(=O)[O-])C(C)C.CCO.CCO.CCO.CCO. The van der Waals surface area contributed by atoms with E-state index in [-0.39, 0.29) is 73.7 Å². The van der Waals surface area contributed by atoms with Gasteiger partial charge in [0.2, 0.25) is 0 Å². The number of carbonyl (C=O) groups excluding carboxylic acids is 8. The number of nitrogens with one attached hydrogen (secondary N) is 4. The number of aliphatic hydroxyl groups is 4. The van der Waals surface area contributed by atoms with E-state index in [1.54, 1.807) is 83.1 Å². The predicted molar refractivity (Wildman–Crippen MR) is 283 cm³/mol. The molecule has 24 heteroatoms. The van der Waals surface area contributed by atoms with Crippen LogP contribution in [-0.2, 0) is 38.4 Å². The standard InChI is InChI=1S/4C11H22N2O3.4C2H6O/c4*1-6(2)5-8(12)10(14)13-9(7(3)4)11(15)16;4*1-2-3/h4*6-9H,5,12H2,1-4H3,(H,13,14)(H,15,16);4*3H,2H2,1H3/t4*8-,9-;;;;/m0000..../s1. The lowest BCUT2D eigenvalue weighted by molar-refractivity contribution is -0.407. The second kappa shape index (κ2) is 53.8. The third-order valence-corrected chi connectivity index (χ3v) is 9.38. The van der Waals surface area contributed by atoms with Crippen molar-refractivity contribution < 1.29 is 102 Å². The van der Waals surface area contributed by atoms with Gasteiger partial charge in [-0.3, -0.25) is 19.2 Å². The van der Waals surface area contributed by atoms with Crippen LogP contribution in [0.25, 0.3) is 0 Å². The zero-order valence-electron chi connectivity index (χ0n) is 50.4. The lowest BCUT2D eigenvalue weighted by Gasteiger charge is -2.24. The van der Waals surface area contributed by atoms with Gasteiger partial charge >= 0.3 is 0 Å². The lowest BCUT2D eigenvalue weighted by atomic mass is 10.0. The molecule has 0 saturated heterocycles. The lowest BCUT2D eigenvalue weighted by Crippen LogP contribution is -2.69. The average molecular weight is 1110 g/mol. The van der Waals surface area contributed by atoms with Crippen molar-refractivity contribution in [3.05, 3.63) is 0 Å². The molecule has 0 aliphatic heterocycles. The fourth-order valence-corrected chi connectivity index (χ4v) is 5.78. The number of amides is 4. The summed E-state index contributed by atoms with van der Waals surface area (Å²) in [4.78, 5) is 89.6. The molecule has 0 heterocycles. The molecule has 0 aromatic rings. The van der Waals surface area contributed by atoms with Crippen molar-refractivity contribution >= 4 is 47.5 Å². The Balaban J connectivity index is -0.000000126. The Morgan fingerprint density at radius 3 is 0.487 bits per heavy atom. The van der Waals surface area contributed by atoms with E-state index in [1.807, 2.05) is 55.4 Å². The Morgan fingerprint density at radius 2 is 0.421 bits per heavy atom. The molecule has 0 aliphatic carbocycles. The molecule has 0 aromatic heterocycles. The molecule has 0 aliphatic rings. The summed E-state index contributed by atoms with van der Waals surface area (Å²) in [5.74, 6) is -5.65. The van der Waals surface area contributed by atoms with Crippen LogP contribution >= 0.6 is 0 Å². The molecule has 20 N–H and O–H groups in total. The normalized spacial score (nSPS) is 13.5. The zero-order valence-corrected chi connectivity index (χ0v) is 50.4. The molecule has 8 atom stereocenters. The van der Waals surface area contributed by atoms with Gasteiger partial charge in [0.05, 0.1) is 48.0 Å². The Labute approximate surface area is 456 Å². The van der Waals surface area contributed by atoms with Crippen LogP contribution in [0.2, 0.25) is 0 Å². The molecule has 0 fully saturated rings. The van der Waals surface area contributed by atoms with Crippen LogP contribution < -0.4 is 64.6 Å². The summed E-state index contributed by atoms with van der Waals surface area (Å²) in [6.07, 6.45) is 2.57. The fraction of sp³-hybridized carbons (Fsp3) is 0.846. The zero-order chi connectivity index (χ0) is 62.3. The van der Waals surface area contributed by atoms with Gasteiger partial charge in [0, 0.05) is 52.1 Å². The number of hydrogen-bond acceptors (Lipinski definition) is 16. The first-order chi connectivity index (χ1) is 34.7. The van der Waals surface area contributed by atoms with Crippen molar-refractivity contribution in [2.75, 3.05) is 26.4 Å². The van der Waals surface area contributed by atoms with Gasteiger partial charge < -0.3 is 104 Å². The second-order valence-corrected chi connectivity index (χ2v) is 20.8. The van der Waals surface area contributed by atoms with E-state index in [0.717, 1.165) is 0 Å². The maximum atomic E-state index is 11.6. The largest absolute Gasteiger partial charge is 0.548 e. The van der Waals surface area contributed by atoms with Crippen molar-refractivity contribution in [1.82, 2.24) is 21.3 Å². The minimum atomic E-state index is -1.25. The summed E-state index contributed by atoms with van der Waals surface area (Å²) in [5, 5.41) is 83.2. The highest BCUT2D eigenvalue weighted by molar-refractivity contribution is 5.87. The van der Waals surface area contributed by atoms with Crippen molar-refractivity contribution in [3.63, 3.8) is 0 Å². The van der Waals surface area contributed by atoms with E-state index >= 15 is 0 Å². The minimum Gasteiger partial charge on any atom is -0.548 e. The first-order valence-corrected chi connectivity index (χ1v) is 26.5. The van der Waals surface area contributed by atoms with Crippen LogP contribution in [0.15, 0.2) is 0 Å². The quantitative estimate of drug-likeness (QED) is 0.0428. The number of carbonyl (C=O) groups is 8. The highest BCUT2D eigenvalue weighted by Crippen LogP contribution is 2.08. The van der Waals surface area contributed by atoms with Crippen molar-refractivity contribution in [1.29, 1.82) is 0 Å². The van der Waals surface area contributed by atoms with Gasteiger partial charge in [-0.2, -0.15) is 0 Å². The van der Waals surface area contributed by atoms with Crippen LogP contribution in [0, 0.1) is 47.3 Å². The first kappa shape index (κ1) is 88.1. The number of quaternary nitrogens is 4. The first-order valence-electron chi connectivity index (χ1n) is 26.5. The van der Waals surface area contributed by atoms with E-state index < -0.39 is 72.2 Å². The molecule has 76 heavy (non-hydrogen) atoms. The van der Waals surface area contributed by atoms with Gasteiger partial charge in [-0.25, -0.2) is 0 Å². The molecular weight excluding hydrogens is 993 g/mol. The molecule has 4 amide bonds. The Hall–Kier alpha value is -4.56. The molecule has 0 bridgehead atoms. The molecule has 0 spiro atoms. The minimum absolute atomic E-state index is 0.194. The average Bonchev–Trinajstić information content (AvgIpc) is 3.25. The molecular formula is C52H112N8O16. The maximum Gasteiger partial charge on any atom is 0.278 e. The van der Waals surface area contributed by atoms with Gasteiger partial charge in [-0.05, 0) is 75.0 Å². The number of rotatable bonds is 24. The highest BCUT2D eigenvalue weighted by Gasteiger charge is 2.27. The van der Waals surface area contributed by atoms with Gasteiger partial charge in [-0.15, -0.1) is 0 Å². The van der Waals surface area contributed by atoms with Crippen molar-refractivity contribution in [2.24, 2.45) is 47.3 Å². The molecule has 0 saturated carbocycles. The third kappa shape index (κ3) is 57.2. The molecule has 0 unspecified atom stereocenters. The fourth-order valence-electron chi connectivity index (χ4n) is 5.78. The van der Waals surface area contributed by atoms with E-state index in [9.17, 15) is 58.8 Å². The van der Waals surface area contributed by atoms with Crippen LogP contribution in [0.5, 0.6) is 0 Å². The van der Waals surface area contributed by atoms with E-state index in [4.69, 9.17) is 20.4 Å². The number of aliphatic hydroxyl groups excluding tert-OH is 4. The number of carboxylic acids is 4. The van der Waals surface area contributed by atoms with E-state index in [2.05, 4.69) is 44.2 Å². The van der Waals surface area contributed by atoms with Gasteiger partial charge in [-0.1, -0.05) is 111 Å². The molecule has 0 aromatic carbocycles. The summed E-state index contributed by atoms with van der Waals surface area (Å²) in [5.41, 5.74) is 14.9. The molecule has 0 rings (SSSR count). The summed E-state index contributed by atoms with van der Waals surface area (Å²) < 4.78 is 0. The van der Waals surface area contributed by atoms with E-state index in [0.29, 0.717) is 49.4 Å². The Bertz CT molecular complexity index is 1290. The van der Waals surface area contributed by atoms with Gasteiger partial charge in [0.1, 0.15) is 0 Å². The molecule has 456 valence electrons. The maximum absolute atomic E-state index is 11.6. The summed E-state index contributed by atoms with van der Waals surface area (Å²) in [6.45, 7) is 37.4. The van der Waals surface area contributed by atoms with Crippen LogP contribution in [0.3, 0.4) is 0 Å². The molecule has 24 nitrogen and oxygen atoms in total. The van der Waals surface area contributed by atoms with Crippen molar-refractivity contribution in [3.8, 4) is 0 Å². The number of carboxylic acid groups (broad SMARTS) is 4. The summed E-state index contributed by atoms with van der Waals surface area (Å²) >= 11 is 0. The summed E-state index contributed by atoms with van der Waals surface area (Å²) in [6, 6.07) is -5.43. The monoisotopic (exact) mass is 1100 g/mol. The Kier molecular flexibility index (Phi) is 62.4. The highest BCUT2D eigenvalue weighted by atomic mass is 16.4. The smallest absolute Gasteiger partial charge is 0.278 e. The van der Waals surface area contributed by atoms with Crippen LogP contribution in [-0.4, -0.2) is 143 Å². The van der Waals surface area contributed by atoms with Crippen LogP contribution in [0.4, 0.5) is 0 Å². The Morgan fingerprint density at radius 1 is 0.316 bits per heavy atom. The molecule has 0 radical (unpaired) electrons. The van der Waals surface area contributed by atoms with Gasteiger partial charge in [0.25, 0.3) is 23.6 Å². The number of hydrogen-bond donors (Lipinski definition) is 12. The summed E-state index contributed by atoms with van der Waals surface area (Å²) in [7, 11) is 0. The third-order valence-electron chi connectivity index (χ3n) is 9.38. The number of aliphatic carboxylic acids is 4.